The Hall–Kier alpha value is -2.60. The molecule has 11 heteroatoms. The third kappa shape index (κ3) is 4.62. The van der Waals surface area contributed by atoms with E-state index in [2.05, 4.69) is 30.3 Å². The quantitative estimate of drug-likeness (QED) is 0.435. The van der Waals surface area contributed by atoms with E-state index in [9.17, 15) is 8.42 Å². The van der Waals surface area contributed by atoms with Crippen LogP contribution in [0.1, 0.15) is 5.69 Å². The first-order valence-corrected chi connectivity index (χ1v) is 10.7. The fourth-order valence-corrected chi connectivity index (χ4v) is 4.31. The van der Waals surface area contributed by atoms with Crippen LogP contribution in [-0.4, -0.2) is 48.7 Å². The predicted octanol–water partition coefficient (Wildman–Crippen LogP) is 1.96. The molecule has 9 nitrogen and oxygen atoms in total. The number of aryl methyl sites for hydroxylation is 1. The van der Waals surface area contributed by atoms with Gasteiger partial charge in [-0.25, -0.2) is 28.1 Å². The van der Waals surface area contributed by atoms with Crippen LogP contribution in [0, 0.1) is 6.92 Å². The van der Waals surface area contributed by atoms with Gasteiger partial charge in [-0.2, -0.15) is 0 Å². The molecule has 0 aliphatic carbocycles. The summed E-state index contributed by atoms with van der Waals surface area (Å²) in [5.41, 5.74) is 2.28. The minimum Gasteiger partial charge on any atom is -0.395 e. The summed E-state index contributed by atoms with van der Waals surface area (Å²) in [7, 11) is -1.82. The Balaban J connectivity index is 1.78. The monoisotopic (exact) mass is 420 g/mol. The van der Waals surface area contributed by atoms with E-state index < -0.39 is 10.0 Å². The third-order valence-electron chi connectivity index (χ3n) is 3.72. The van der Waals surface area contributed by atoms with Crippen LogP contribution in [0.15, 0.2) is 41.4 Å². The Kier molecular flexibility index (Phi) is 6.19. The second-order valence-corrected chi connectivity index (χ2v) is 8.49. The maximum atomic E-state index is 12.0. The molecule has 0 atom stereocenters. The molecule has 2 heterocycles. The van der Waals surface area contributed by atoms with E-state index in [0.29, 0.717) is 11.6 Å². The maximum Gasteiger partial charge on any atom is 0.240 e. The SMILES string of the molecule is CNc1nc(C)c(-c2ccnc(Nc3ccc(S(=O)(=O)NCCO)cc3)n2)s1. The van der Waals surface area contributed by atoms with Crippen LogP contribution in [0.5, 0.6) is 0 Å². The van der Waals surface area contributed by atoms with Crippen LogP contribution < -0.4 is 15.4 Å². The van der Waals surface area contributed by atoms with Crippen molar-refractivity contribution in [3.05, 3.63) is 42.2 Å². The Morgan fingerprint density at radius 3 is 2.54 bits per heavy atom. The second-order valence-electron chi connectivity index (χ2n) is 5.72. The summed E-state index contributed by atoms with van der Waals surface area (Å²) < 4.78 is 26.4. The van der Waals surface area contributed by atoms with Crippen molar-refractivity contribution in [2.24, 2.45) is 0 Å². The average Bonchev–Trinajstić information content (AvgIpc) is 3.08. The molecule has 28 heavy (non-hydrogen) atoms. The van der Waals surface area contributed by atoms with E-state index in [-0.39, 0.29) is 18.0 Å². The van der Waals surface area contributed by atoms with Gasteiger partial charge in [-0.15, -0.1) is 0 Å². The highest BCUT2D eigenvalue weighted by molar-refractivity contribution is 7.89. The van der Waals surface area contributed by atoms with Crippen molar-refractivity contribution in [3.63, 3.8) is 0 Å². The highest BCUT2D eigenvalue weighted by Crippen LogP contribution is 2.31. The minimum atomic E-state index is -3.64. The van der Waals surface area contributed by atoms with Crippen LogP contribution in [0.2, 0.25) is 0 Å². The molecule has 1 aromatic carbocycles. The number of aliphatic hydroxyl groups excluding tert-OH is 1. The first-order valence-electron chi connectivity index (χ1n) is 8.39. The number of nitrogens with zero attached hydrogens (tertiary/aromatic N) is 3. The van der Waals surface area contributed by atoms with Crippen LogP contribution in [0.25, 0.3) is 10.6 Å². The number of benzene rings is 1. The number of anilines is 3. The Labute approximate surface area is 167 Å². The van der Waals surface area contributed by atoms with Gasteiger partial charge in [0.25, 0.3) is 0 Å². The predicted molar refractivity (Wildman–Crippen MR) is 109 cm³/mol. The molecular weight excluding hydrogens is 400 g/mol. The standard InChI is InChI=1S/C17H20N6O3S2/c1-11-15(27-17(18-2)21-11)14-7-8-19-16(23-14)22-12-3-5-13(6-4-12)28(25,26)20-9-10-24/h3-8,20,24H,9-10H2,1-2H3,(H,18,21)(H,19,22,23). The molecular formula is C17H20N6O3S2. The molecule has 0 saturated heterocycles. The number of thiazole rings is 1. The van der Waals surface area contributed by atoms with E-state index in [1.807, 2.05) is 20.0 Å². The molecule has 0 unspecified atom stereocenters. The van der Waals surface area contributed by atoms with Gasteiger partial charge in [0, 0.05) is 25.5 Å². The van der Waals surface area contributed by atoms with E-state index in [1.54, 1.807) is 18.3 Å². The highest BCUT2D eigenvalue weighted by atomic mass is 32.2. The first-order chi connectivity index (χ1) is 13.4. The molecule has 3 aromatic rings. The molecule has 0 aliphatic heterocycles. The zero-order valence-corrected chi connectivity index (χ0v) is 16.9. The van der Waals surface area contributed by atoms with Crippen molar-refractivity contribution in [2.45, 2.75) is 11.8 Å². The van der Waals surface area contributed by atoms with Crippen molar-refractivity contribution in [1.29, 1.82) is 0 Å². The number of hydrogen-bond acceptors (Lipinski definition) is 9. The molecule has 2 aromatic heterocycles. The molecule has 0 radical (unpaired) electrons. The highest BCUT2D eigenvalue weighted by Gasteiger charge is 2.14. The van der Waals surface area contributed by atoms with Gasteiger partial charge in [-0.1, -0.05) is 11.3 Å². The lowest BCUT2D eigenvalue weighted by Gasteiger charge is -2.08. The van der Waals surface area contributed by atoms with Gasteiger partial charge in [0.2, 0.25) is 16.0 Å². The Morgan fingerprint density at radius 1 is 1.14 bits per heavy atom. The molecule has 0 saturated carbocycles. The van der Waals surface area contributed by atoms with Crippen molar-refractivity contribution in [2.75, 3.05) is 30.8 Å². The lowest BCUT2D eigenvalue weighted by molar-refractivity contribution is 0.301. The van der Waals surface area contributed by atoms with Crippen molar-refractivity contribution >= 4 is 38.1 Å². The fraction of sp³-hybridized carbons (Fsp3) is 0.235. The molecule has 0 aliphatic rings. The normalized spacial score (nSPS) is 11.4. The van der Waals surface area contributed by atoms with Crippen molar-refractivity contribution in [3.8, 4) is 10.6 Å². The lowest BCUT2D eigenvalue weighted by atomic mass is 10.3. The average molecular weight is 421 g/mol. The van der Waals surface area contributed by atoms with Crippen LogP contribution in [0.4, 0.5) is 16.8 Å². The Bertz CT molecular complexity index is 1050. The van der Waals surface area contributed by atoms with Gasteiger partial charge in [0.1, 0.15) is 0 Å². The smallest absolute Gasteiger partial charge is 0.240 e. The molecule has 0 amide bonds. The van der Waals surface area contributed by atoms with Gasteiger partial charge >= 0.3 is 0 Å². The summed E-state index contributed by atoms with van der Waals surface area (Å²) in [4.78, 5) is 14.2. The topological polar surface area (TPSA) is 129 Å². The summed E-state index contributed by atoms with van der Waals surface area (Å²) >= 11 is 1.51. The van der Waals surface area contributed by atoms with Gasteiger partial charge in [-0.3, -0.25) is 0 Å². The molecule has 0 spiro atoms. The number of rotatable bonds is 8. The maximum absolute atomic E-state index is 12.0. The zero-order valence-electron chi connectivity index (χ0n) is 15.3. The Morgan fingerprint density at radius 2 is 1.89 bits per heavy atom. The molecule has 0 bridgehead atoms. The largest absolute Gasteiger partial charge is 0.395 e. The van der Waals surface area contributed by atoms with Gasteiger partial charge in [0.05, 0.1) is 27.8 Å². The van der Waals surface area contributed by atoms with Gasteiger partial charge in [-0.05, 0) is 37.3 Å². The molecule has 0 fully saturated rings. The van der Waals surface area contributed by atoms with Crippen LogP contribution in [0.3, 0.4) is 0 Å². The molecule has 4 N–H and O–H groups in total. The number of hydrogen-bond donors (Lipinski definition) is 4. The summed E-state index contributed by atoms with van der Waals surface area (Å²) in [5.74, 6) is 0.394. The van der Waals surface area contributed by atoms with E-state index in [0.717, 1.165) is 21.4 Å². The summed E-state index contributed by atoms with van der Waals surface area (Å²) in [6.07, 6.45) is 1.65. The van der Waals surface area contributed by atoms with Crippen LogP contribution >= 0.6 is 11.3 Å². The molecule has 148 valence electrons. The van der Waals surface area contributed by atoms with Crippen molar-refractivity contribution < 1.29 is 13.5 Å². The number of aromatic nitrogens is 3. The summed E-state index contributed by atoms with van der Waals surface area (Å²) in [6.45, 7) is 1.63. The number of nitrogens with one attached hydrogen (secondary N) is 3. The fourth-order valence-electron chi connectivity index (χ4n) is 2.40. The zero-order chi connectivity index (χ0) is 20.1. The number of sulfonamides is 1. The van der Waals surface area contributed by atoms with E-state index >= 15 is 0 Å². The van der Waals surface area contributed by atoms with E-state index in [4.69, 9.17) is 5.11 Å². The van der Waals surface area contributed by atoms with E-state index in [1.165, 1.54) is 23.5 Å². The number of aliphatic hydroxyl groups is 1. The van der Waals surface area contributed by atoms with Gasteiger partial charge in [0.15, 0.2) is 5.13 Å². The summed E-state index contributed by atoms with van der Waals surface area (Å²) in [5, 5.41) is 15.7. The third-order valence-corrected chi connectivity index (χ3v) is 6.40. The van der Waals surface area contributed by atoms with Crippen LogP contribution in [-0.2, 0) is 10.0 Å². The second kappa shape index (κ2) is 8.61. The van der Waals surface area contributed by atoms with Crippen molar-refractivity contribution in [1.82, 2.24) is 19.7 Å². The summed E-state index contributed by atoms with van der Waals surface area (Å²) in [6, 6.07) is 8.01. The lowest BCUT2D eigenvalue weighted by Crippen LogP contribution is -2.26. The first kappa shape index (κ1) is 20.1. The molecule has 3 rings (SSSR count). The minimum absolute atomic E-state index is 0.0325. The van der Waals surface area contributed by atoms with Gasteiger partial charge < -0.3 is 15.7 Å².